The number of ether oxygens (including phenoxy) is 4. The standard InChI is InChI=1S/C29H47IO5S/c1-4-5-6-7-8-9-10-11-12-28-26(34-23-32-3)17-18-29(35-28)27(19-20-30)33-21-22-36(31)25-15-13-24(2)14-16-25/h13-16,21-22,26-29H,4-12,17-20,23H2,1-3H3/b22-21+/t26-,27+,28+,29+,36?/m1/s1. The first-order valence-electron chi connectivity index (χ1n) is 13.7. The summed E-state index contributed by atoms with van der Waals surface area (Å²) in [5.41, 5.74) is 1.15. The summed E-state index contributed by atoms with van der Waals surface area (Å²) in [5.74, 6) is 0. The number of methoxy groups -OCH3 is 1. The van der Waals surface area contributed by atoms with Crippen LogP contribution in [0.25, 0.3) is 0 Å². The maximum Gasteiger partial charge on any atom is 0.146 e. The van der Waals surface area contributed by atoms with Gasteiger partial charge in [0.25, 0.3) is 0 Å². The minimum atomic E-state index is -1.23. The van der Waals surface area contributed by atoms with Gasteiger partial charge in [-0.3, -0.25) is 0 Å². The summed E-state index contributed by atoms with van der Waals surface area (Å²) in [6.45, 7) is 4.59. The normalized spacial score (nSPS) is 22.1. The third kappa shape index (κ3) is 12.4. The van der Waals surface area contributed by atoms with Crippen LogP contribution in [0.5, 0.6) is 0 Å². The van der Waals surface area contributed by atoms with E-state index in [-0.39, 0.29) is 24.4 Å². The summed E-state index contributed by atoms with van der Waals surface area (Å²) >= 11 is 2.39. The second kappa shape index (κ2) is 19.6. The molecular weight excluding hydrogens is 587 g/mol. The molecule has 5 nitrogen and oxygen atoms in total. The molecule has 5 atom stereocenters. The maximum absolute atomic E-state index is 12.6. The Bertz CT molecular complexity index is 742. The van der Waals surface area contributed by atoms with Crippen LogP contribution in [0.4, 0.5) is 0 Å². The summed E-state index contributed by atoms with van der Waals surface area (Å²) < 4.78 is 37.5. The minimum absolute atomic E-state index is 0.0127. The number of hydrogen-bond donors (Lipinski definition) is 0. The van der Waals surface area contributed by atoms with Gasteiger partial charge in [-0.2, -0.15) is 0 Å². The highest BCUT2D eigenvalue weighted by atomic mass is 127. The highest BCUT2D eigenvalue weighted by Gasteiger charge is 2.36. The van der Waals surface area contributed by atoms with E-state index in [1.807, 2.05) is 31.2 Å². The molecule has 1 unspecified atom stereocenters. The quantitative estimate of drug-likeness (QED) is 0.0510. The fraction of sp³-hybridized carbons (Fsp3) is 0.724. The smallest absolute Gasteiger partial charge is 0.146 e. The number of benzene rings is 1. The molecule has 206 valence electrons. The summed E-state index contributed by atoms with van der Waals surface area (Å²) in [4.78, 5) is 0.781. The molecule has 1 aromatic carbocycles. The van der Waals surface area contributed by atoms with Crippen molar-refractivity contribution in [3.63, 3.8) is 0 Å². The molecule has 1 heterocycles. The first kappa shape index (κ1) is 31.7. The van der Waals surface area contributed by atoms with Crippen molar-refractivity contribution in [2.24, 2.45) is 0 Å². The lowest BCUT2D eigenvalue weighted by atomic mass is 9.93. The molecule has 1 aliphatic heterocycles. The first-order chi connectivity index (χ1) is 17.6. The summed E-state index contributed by atoms with van der Waals surface area (Å²) in [6, 6.07) is 7.76. The Morgan fingerprint density at radius 3 is 2.44 bits per heavy atom. The number of rotatable bonds is 19. The van der Waals surface area contributed by atoms with Crippen molar-refractivity contribution in [2.75, 3.05) is 18.3 Å². The number of hydrogen-bond acceptors (Lipinski definition) is 5. The van der Waals surface area contributed by atoms with Gasteiger partial charge in [0.2, 0.25) is 0 Å². The highest BCUT2D eigenvalue weighted by Crippen LogP contribution is 2.30. The average molecular weight is 635 g/mol. The zero-order valence-electron chi connectivity index (χ0n) is 22.5. The predicted octanol–water partition coefficient (Wildman–Crippen LogP) is 7.85. The monoisotopic (exact) mass is 634 g/mol. The van der Waals surface area contributed by atoms with Crippen molar-refractivity contribution in [3.8, 4) is 0 Å². The summed E-state index contributed by atoms with van der Waals surface area (Å²) in [6.07, 6.45) is 15.8. The van der Waals surface area contributed by atoms with Crippen LogP contribution in [0.2, 0.25) is 0 Å². The third-order valence-electron chi connectivity index (χ3n) is 6.74. The average Bonchev–Trinajstić information content (AvgIpc) is 2.89. The van der Waals surface area contributed by atoms with Gasteiger partial charge in [0, 0.05) is 21.8 Å². The van der Waals surface area contributed by atoms with Gasteiger partial charge in [-0.05, 0) is 44.7 Å². The van der Waals surface area contributed by atoms with Crippen LogP contribution < -0.4 is 0 Å². The van der Waals surface area contributed by atoms with Gasteiger partial charge in [-0.1, -0.05) is 98.6 Å². The van der Waals surface area contributed by atoms with E-state index >= 15 is 0 Å². The number of aryl methyl sites for hydroxylation is 1. The largest absolute Gasteiger partial charge is 0.495 e. The molecule has 0 aliphatic carbocycles. The first-order valence-corrected chi connectivity index (χ1v) is 16.4. The lowest BCUT2D eigenvalue weighted by molar-refractivity contribution is -0.192. The molecule has 0 aromatic heterocycles. The molecule has 1 aromatic rings. The predicted molar refractivity (Wildman–Crippen MR) is 157 cm³/mol. The molecule has 7 heteroatoms. The lowest BCUT2D eigenvalue weighted by Crippen LogP contribution is -2.45. The molecule has 0 spiro atoms. The van der Waals surface area contributed by atoms with E-state index in [9.17, 15) is 4.21 Å². The van der Waals surface area contributed by atoms with Crippen molar-refractivity contribution in [2.45, 2.75) is 120 Å². The molecule has 0 N–H and O–H groups in total. The molecule has 0 amide bonds. The summed E-state index contributed by atoms with van der Waals surface area (Å²) in [7, 11) is 0.439. The van der Waals surface area contributed by atoms with Crippen molar-refractivity contribution < 1.29 is 23.2 Å². The number of alkyl halides is 1. The van der Waals surface area contributed by atoms with E-state index in [2.05, 4.69) is 29.5 Å². The second-order valence-electron chi connectivity index (χ2n) is 9.70. The zero-order valence-corrected chi connectivity index (χ0v) is 25.5. The Balaban J connectivity index is 1.88. The van der Waals surface area contributed by atoms with E-state index < -0.39 is 10.8 Å². The fourth-order valence-electron chi connectivity index (χ4n) is 4.63. The molecule has 2 rings (SSSR count). The molecule has 0 saturated carbocycles. The summed E-state index contributed by atoms with van der Waals surface area (Å²) in [5, 5.41) is 1.64. The van der Waals surface area contributed by atoms with Crippen molar-refractivity contribution in [1.29, 1.82) is 0 Å². The van der Waals surface area contributed by atoms with Gasteiger partial charge >= 0.3 is 0 Å². The molecule has 36 heavy (non-hydrogen) atoms. The van der Waals surface area contributed by atoms with Gasteiger partial charge < -0.3 is 18.9 Å². The van der Waals surface area contributed by atoms with Crippen molar-refractivity contribution in [1.82, 2.24) is 0 Å². The number of halogens is 1. The Morgan fingerprint density at radius 1 is 1.08 bits per heavy atom. The Morgan fingerprint density at radius 2 is 1.78 bits per heavy atom. The Kier molecular flexibility index (Phi) is 17.3. The molecule has 0 radical (unpaired) electrons. The SMILES string of the molecule is CCCCCCCCCC[C@@H]1O[C@H]([C@H](CCI)O/C=C/S(=O)c2ccc(C)cc2)CC[C@H]1OCOC. The minimum Gasteiger partial charge on any atom is -0.495 e. The van der Waals surface area contributed by atoms with Crippen LogP contribution in [0.3, 0.4) is 0 Å². The van der Waals surface area contributed by atoms with E-state index in [1.54, 1.807) is 18.8 Å². The maximum atomic E-state index is 12.6. The molecule has 1 aliphatic rings. The molecule has 1 fully saturated rings. The lowest BCUT2D eigenvalue weighted by Gasteiger charge is -2.39. The van der Waals surface area contributed by atoms with Crippen LogP contribution in [0, 0.1) is 6.92 Å². The van der Waals surface area contributed by atoms with Crippen molar-refractivity contribution >= 4 is 33.4 Å². The molecule has 0 bridgehead atoms. The Labute approximate surface area is 235 Å². The van der Waals surface area contributed by atoms with Gasteiger partial charge in [0.05, 0.1) is 35.4 Å². The van der Waals surface area contributed by atoms with Gasteiger partial charge in [0.15, 0.2) is 0 Å². The molecule has 1 saturated heterocycles. The van der Waals surface area contributed by atoms with E-state index in [4.69, 9.17) is 18.9 Å². The van der Waals surface area contributed by atoms with Crippen LogP contribution in [0.1, 0.15) is 89.5 Å². The van der Waals surface area contributed by atoms with E-state index in [0.717, 1.165) is 47.0 Å². The van der Waals surface area contributed by atoms with Gasteiger partial charge in [-0.25, -0.2) is 4.21 Å². The molecular formula is C29H47IO5S. The van der Waals surface area contributed by atoms with Crippen molar-refractivity contribution in [3.05, 3.63) is 41.5 Å². The third-order valence-corrected chi connectivity index (χ3v) is 8.45. The topological polar surface area (TPSA) is 54.0 Å². The van der Waals surface area contributed by atoms with E-state index in [0.29, 0.717) is 6.79 Å². The fourth-order valence-corrected chi connectivity index (χ4v) is 5.97. The Hall–Kier alpha value is -0.480. The van der Waals surface area contributed by atoms with Crippen LogP contribution in [-0.2, 0) is 29.7 Å². The second-order valence-corrected chi connectivity index (χ2v) is 12.1. The van der Waals surface area contributed by atoms with Crippen LogP contribution in [-0.4, -0.2) is 47.0 Å². The van der Waals surface area contributed by atoms with E-state index in [1.165, 1.54) is 44.9 Å². The van der Waals surface area contributed by atoms with Crippen LogP contribution in [0.15, 0.2) is 40.8 Å². The number of unbranched alkanes of at least 4 members (excludes halogenated alkanes) is 7. The van der Waals surface area contributed by atoms with Gasteiger partial charge in [-0.15, -0.1) is 0 Å². The van der Waals surface area contributed by atoms with Crippen LogP contribution >= 0.6 is 22.6 Å². The highest BCUT2D eigenvalue weighted by molar-refractivity contribution is 14.1. The van der Waals surface area contributed by atoms with Gasteiger partial charge in [0.1, 0.15) is 12.9 Å². The zero-order chi connectivity index (χ0) is 26.0.